The number of nitriles is 1. The lowest BCUT2D eigenvalue weighted by Gasteiger charge is -2.05. The lowest BCUT2D eigenvalue weighted by molar-refractivity contribution is 0.104. The number of nitrogens with zero attached hydrogens (tertiary/aromatic N) is 1. The van der Waals surface area contributed by atoms with Gasteiger partial charge in [0.2, 0.25) is 0 Å². The second-order valence-electron chi connectivity index (χ2n) is 4.47. The van der Waals surface area contributed by atoms with E-state index in [0.717, 1.165) is 5.52 Å². The number of benzene rings is 2. The van der Waals surface area contributed by atoms with Gasteiger partial charge in [0, 0.05) is 22.7 Å². The van der Waals surface area contributed by atoms with Crippen molar-refractivity contribution in [2.75, 3.05) is 0 Å². The van der Waals surface area contributed by atoms with Crippen molar-refractivity contribution in [3.8, 4) is 6.07 Å². The molecule has 0 atom stereocenters. The molecule has 102 valence electrons. The Morgan fingerprint density at radius 1 is 1.10 bits per heavy atom. The molecule has 0 radical (unpaired) electrons. The van der Waals surface area contributed by atoms with E-state index in [0.29, 0.717) is 16.5 Å². The molecule has 2 aromatic carbocycles. The van der Waals surface area contributed by atoms with Gasteiger partial charge in [-0.3, -0.25) is 4.79 Å². The second-order valence-corrected chi connectivity index (χ2v) is 5.28. The summed E-state index contributed by atoms with van der Waals surface area (Å²) >= 11 is 12.2. The van der Waals surface area contributed by atoms with E-state index in [-0.39, 0.29) is 21.4 Å². The Morgan fingerprint density at radius 2 is 1.76 bits per heavy atom. The highest BCUT2D eigenvalue weighted by Gasteiger charge is 2.21. The van der Waals surface area contributed by atoms with E-state index < -0.39 is 0 Å². The number of halogens is 2. The maximum absolute atomic E-state index is 12.7. The Bertz CT molecular complexity index is 886. The monoisotopic (exact) mass is 314 g/mol. The van der Waals surface area contributed by atoms with E-state index in [9.17, 15) is 10.1 Å². The van der Waals surface area contributed by atoms with Crippen molar-refractivity contribution in [2.24, 2.45) is 0 Å². The molecule has 3 aromatic rings. The predicted octanol–water partition coefficient (Wildman–Crippen LogP) is 4.58. The van der Waals surface area contributed by atoms with E-state index in [1.165, 1.54) is 0 Å². The minimum absolute atomic E-state index is 0.245. The number of ketones is 1. The van der Waals surface area contributed by atoms with Crippen LogP contribution in [0, 0.1) is 11.3 Å². The van der Waals surface area contributed by atoms with Crippen LogP contribution in [0.1, 0.15) is 21.5 Å². The molecule has 1 N–H and O–H groups in total. The van der Waals surface area contributed by atoms with Crippen LogP contribution in [0.3, 0.4) is 0 Å². The molecule has 3 rings (SSSR count). The number of fused-ring (bicyclic) bond motifs is 1. The topological polar surface area (TPSA) is 56.6 Å². The number of carbonyl (C=O) groups excluding carboxylic acids is 1. The summed E-state index contributed by atoms with van der Waals surface area (Å²) in [5, 5.41) is 10.4. The summed E-state index contributed by atoms with van der Waals surface area (Å²) in [6, 6.07) is 12.2. The largest absolute Gasteiger partial charge is 0.360 e. The number of rotatable bonds is 2. The first-order chi connectivity index (χ1) is 10.1. The van der Waals surface area contributed by atoms with Gasteiger partial charge < -0.3 is 4.98 Å². The molecule has 0 aliphatic rings. The number of hydrogen-bond acceptors (Lipinski definition) is 2. The van der Waals surface area contributed by atoms with E-state index in [1.807, 2.05) is 0 Å². The van der Waals surface area contributed by atoms with Gasteiger partial charge in [-0.15, -0.1) is 0 Å². The zero-order chi connectivity index (χ0) is 15.0. The molecule has 21 heavy (non-hydrogen) atoms. The molecule has 5 heteroatoms. The van der Waals surface area contributed by atoms with Crippen LogP contribution in [-0.2, 0) is 0 Å². The second kappa shape index (κ2) is 5.25. The molecule has 1 aromatic heterocycles. The Morgan fingerprint density at radius 3 is 2.43 bits per heavy atom. The first kappa shape index (κ1) is 13.7. The molecule has 0 saturated heterocycles. The van der Waals surface area contributed by atoms with E-state index in [2.05, 4.69) is 11.1 Å². The van der Waals surface area contributed by atoms with Gasteiger partial charge in [0.15, 0.2) is 5.78 Å². The van der Waals surface area contributed by atoms with Gasteiger partial charge in [0.25, 0.3) is 0 Å². The number of carbonyl (C=O) groups is 1. The molecule has 0 fully saturated rings. The number of nitrogens with one attached hydrogen (secondary N) is 1. The molecule has 0 bridgehead atoms. The van der Waals surface area contributed by atoms with Gasteiger partial charge in [-0.05, 0) is 24.3 Å². The summed E-state index contributed by atoms with van der Waals surface area (Å²) in [5.41, 5.74) is 1.78. The molecule has 0 spiro atoms. The van der Waals surface area contributed by atoms with Crippen molar-refractivity contribution in [1.82, 2.24) is 4.98 Å². The third-order valence-corrected chi connectivity index (χ3v) is 3.89. The summed E-state index contributed by atoms with van der Waals surface area (Å²) < 4.78 is 0. The van der Waals surface area contributed by atoms with E-state index in [4.69, 9.17) is 23.2 Å². The summed E-state index contributed by atoms with van der Waals surface area (Å²) in [6.07, 6.45) is 1.58. The minimum Gasteiger partial charge on any atom is -0.360 e. The van der Waals surface area contributed by atoms with Crippen molar-refractivity contribution in [3.05, 3.63) is 69.3 Å². The number of aromatic amines is 1. The van der Waals surface area contributed by atoms with Crippen LogP contribution in [0.2, 0.25) is 10.0 Å². The van der Waals surface area contributed by atoms with Crippen LogP contribution in [0.4, 0.5) is 0 Å². The summed E-state index contributed by atoms with van der Waals surface area (Å²) in [4.78, 5) is 15.7. The van der Waals surface area contributed by atoms with Crippen molar-refractivity contribution in [1.29, 1.82) is 5.26 Å². The zero-order valence-electron chi connectivity index (χ0n) is 10.7. The molecule has 3 nitrogen and oxygen atoms in total. The van der Waals surface area contributed by atoms with Crippen molar-refractivity contribution >= 4 is 39.9 Å². The Labute approximate surface area is 130 Å². The van der Waals surface area contributed by atoms with Crippen LogP contribution in [0.5, 0.6) is 0 Å². The first-order valence-corrected chi connectivity index (χ1v) is 6.88. The van der Waals surface area contributed by atoms with Gasteiger partial charge in [0.1, 0.15) is 0 Å². The maximum atomic E-state index is 12.7. The highest BCUT2D eigenvalue weighted by molar-refractivity contribution is 6.41. The van der Waals surface area contributed by atoms with E-state index in [1.54, 1.807) is 42.6 Å². The highest BCUT2D eigenvalue weighted by Crippen LogP contribution is 2.30. The van der Waals surface area contributed by atoms with Gasteiger partial charge in [-0.1, -0.05) is 35.3 Å². The first-order valence-electron chi connectivity index (χ1n) is 6.12. The number of aromatic nitrogens is 1. The predicted molar refractivity (Wildman–Crippen MR) is 82.9 cm³/mol. The van der Waals surface area contributed by atoms with E-state index >= 15 is 0 Å². The molecular weight excluding hydrogens is 307 g/mol. The van der Waals surface area contributed by atoms with Crippen LogP contribution in [0.25, 0.3) is 10.9 Å². The molecule has 1 heterocycles. The molecule has 0 unspecified atom stereocenters. The molecule has 0 saturated carbocycles. The Balaban J connectivity index is 2.27. The molecule has 0 aliphatic heterocycles. The summed E-state index contributed by atoms with van der Waals surface area (Å²) in [6.45, 7) is 0. The fourth-order valence-electron chi connectivity index (χ4n) is 2.31. The van der Waals surface area contributed by atoms with Crippen LogP contribution < -0.4 is 0 Å². The average molecular weight is 315 g/mol. The van der Waals surface area contributed by atoms with Crippen LogP contribution in [-0.4, -0.2) is 10.8 Å². The fraction of sp³-hybridized carbons (Fsp3) is 0. The van der Waals surface area contributed by atoms with Crippen molar-refractivity contribution in [3.63, 3.8) is 0 Å². The molecule has 0 amide bonds. The average Bonchev–Trinajstić information content (AvgIpc) is 2.90. The van der Waals surface area contributed by atoms with Gasteiger partial charge >= 0.3 is 0 Å². The maximum Gasteiger partial charge on any atom is 0.198 e. The third-order valence-electron chi connectivity index (χ3n) is 3.26. The number of hydrogen-bond donors (Lipinski definition) is 1. The smallest absolute Gasteiger partial charge is 0.198 e. The zero-order valence-corrected chi connectivity index (χ0v) is 12.2. The van der Waals surface area contributed by atoms with Gasteiger partial charge in [-0.2, -0.15) is 5.26 Å². The standard InChI is InChI=1S/C16H8Cl2N2O/c17-11-4-2-5-12(18)15(11)16(21)10-8-20-13-6-1-3-9(7-19)14(10)13/h1-6,8,20H. The van der Waals surface area contributed by atoms with Crippen molar-refractivity contribution < 1.29 is 4.79 Å². The van der Waals surface area contributed by atoms with Gasteiger partial charge in [0.05, 0.1) is 27.2 Å². The third kappa shape index (κ3) is 2.19. The summed E-state index contributed by atoms with van der Waals surface area (Å²) in [7, 11) is 0. The lowest BCUT2D eigenvalue weighted by Crippen LogP contribution is -2.03. The van der Waals surface area contributed by atoms with Crippen LogP contribution >= 0.6 is 23.2 Å². The Kier molecular flexibility index (Phi) is 3.42. The summed E-state index contributed by atoms with van der Waals surface area (Å²) in [5.74, 6) is -0.306. The number of H-pyrrole nitrogens is 1. The lowest BCUT2D eigenvalue weighted by atomic mass is 10.00. The van der Waals surface area contributed by atoms with Gasteiger partial charge in [-0.25, -0.2) is 0 Å². The SMILES string of the molecule is N#Cc1cccc2[nH]cc(C(=O)c3c(Cl)cccc3Cl)c12. The minimum atomic E-state index is -0.306. The quantitative estimate of drug-likeness (QED) is 0.704. The van der Waals surface area contributed by atoms with Crippen molar-refractivity contribution in [2.45, 2.75) is 0 Å². The molecule has 0 aliphatic carbocycles. The molecular formula is C16H8Cl2N2O. The Hall–Kier alpha value is -2.28. The normalized spacial score (nSPS) is 10.5. The highest BCUT2D eigenvalue weighted by atomic mass is 35.5. The van der Waals surface area contributed by atoms with Crippen LogP contribution in [0.15, 0.2) is 42.6 Å². The fourth-order valence-corrected chi connectivity index (χ4v) is 2.88.